The zero-order valence-electron chi connectivity index (χ0n) is 17.5. The summed E-state index contributed by atoms with van der Waals surface area (Å²) in [4.78, 5) is 27.0. The summed E-state index contributed by atoms with van der Waals surface area (Å²) in [5, 5.41) is 4.16. The first-order valence-corrected chi connectivity index (χ1v) is 10.7. The van der Waals surface area contributed by atoms with Crippen LogP contribution in [-0.4, -0.2) is 52.9 Å². The predicted molar refractivity (Wildman–Crippen MR) is 115 cm³/mol. The Morgan fingerprint density at radius 1 is 1.06 bits per heavy atom. The van der Waals surface area contributed by atoms with Gasteiger partial charge in [0.05, 0.1) is 17.3 Å². The lowest BCUT2D eigenvalue weighted by molar-refractivity contribution is -0.135. The van der Waals surface area contributed by atoms with Crippen LogP contribution in [0.3, 0.4) is 0 Å². The first kappa shape index (κ1) is 20.1. The number of rotatable bonds is 5. The Morgan fingerprint density at radius 3 is 2.66 bits per heavy atom. The normalized spacial score (nSPS) is 17.2. The Morgan fingerprint density at radius 2 is 1.88 bits per heavy atom. The molecule has 0 spiro atoms. The molecule has 2 aliphatic rings. The van der Waals surface area contributed by atoms with Gasteiger partial charge in [0.1, 0.15) is 13.2 Å². The van der Waals surface area contributed by atoms with Crippen molar-refractivity contribution in [3.63, 3.8) is 0 Å². The molecule has 32 heavy (non-hydrogen) atoms. The summed E-state index contributed by atoms with van der Waals surface area (Å²) in [6.07, 6.45) is 5.26. The summed E-state index contributed by atoms with van der Waals surface area (Å²) in [6.45, 7) is 1.40. The van der Waals surface area contributed by atoms with Crippen molar-refractivity contribution in [1.82, 2.24) is 14.7 Å². The first-order valence-electron chi connectivity index (χ1n) is 10.7. The highest BCUT2D eigenvalue weighted by Crippen LogP contribution is 2.38. The average molecular weight is 433 g/mol. The number of likely N-dealkylation sites (tertiary alicyclic amines) is 1. The third-order valence-corrected chi connectivity index (χ3v) is 5.72. The molecule has 0 saturated carbocycles. The zero-order chi connectivity index (χ0) is 21.9. The van der Waals surface area contributed by atoms with Crippen molar-refractivity contribution >= 4 is 11.9 Å². The molecular formula is C24H23N3O5. The highest BCUT2D eigenvalue weighted by atomic mass is 16.6. The number of aromatic nitrogens is 2. The molecule has 1 fully saturated rings. The SMILES string of the molecule is O=C(OCC(=O)N1CCCC1c1ccc2c(c1)OCCO2)c1ccc(-n2cccn2)cc1. The van der Waals surface area contributed by atoms with Gasteiger partial charge in [-0.3, -0.25) is 4.79 Å². The van der Waals surface area contributed by atoms with E-state index in [2.05, 4.69) is 5.10 Å². The highest BCUT2D eigenvalue weighted by molar-refractivity contribution is 5.91. The fourth-order valence-electron chi connectivity index (χ4n) is 4.14. The molecule has 0 aliphatic carbocycles. The lowest BCUT2D eigenvalue weighted by atomic mass is 10.0. The van der Waals surface area contributed by atoms with Gasteiger partial charge in [0.15, 0.2) is 18.1 Å². The van der Waals surface area contributed by atoms with E-state index >= 15 is 0 Å². The first-order chi connectivity index (χ1) is 15.7. The fraction of sp³-hybridized carbons (Fsp3) is 0.292. The van der Waals surface area contributed by atoms with E-state index in [9.17, 15) is 9.59 Å². The van der Waals surface area contributed by atoms with Gasteiger partial charge in [0.2, 0.25) is 0 Å². The second-order valence-corrected chi connectivity index (χ2v) is 7.72. The molecule has 1 aromatic heterocycles. The van der Waals surface area contributed by atoms with Gasteiger partial charge in [0, 0.05) is 18.9 Å². The minimum atomic E-state index is -0.527. The largest absolute Gasteiger partial charge is 0.486 e. The van der Waals surface area contributed by atoms with E-state index in [-0.39, 0.29) is 18.6 Å². The molecule has 8 nitrogen and oxygen atoms in total. The fourth-order valence-corrected chi connectivity index (χ4v) is 4.14. The zero-order valence-corrected chi connectivity index (χ0v) is 17.5. The molecular weight excluding hydrogens is 410 g/mol. The van der Waals surface area contributed by atoms with Crippen molar-refractivity contribution in [3.05, 3.63) is 72.1 Å². The number of hydrogen-bond donors (Lipinski definition) is 0. The maximum absolute atomic E-state index is 12.8. The van der Waals surface area contributed by atoms with E-state index in [1.54, 1.807) is 40.0 Å². The summed E-state index contributed by atoms with van der Waals surface area (Å²) in [5.74, 6) is 0.700. The van der Waals surface area contributed by atoms with E-state index in [0.717, 1.165) is 29.8 Å². The van der Waals surface area contributed by atoms with E-state index in [0.29, 0.717) is 31.1 Å². The summed E-state index contributed by atoms with van der Waals surface area (Å²) in [6, 6.07) is 14.4. The van der Waals surface area contributed by atoms with Gasteiger partial charge in [0.25, 0.3) is 5.91 Å². The summed E-state index contributed by atoms with van der Waals surface area (Å²) in [5.41, 5.74) is 2.22. The summed E-state index contributed by atoms with van der Waals surface area (Å²) < 4.78 is 18.3. The van der Waals surface area contributed by atoms with Crippen molar-refractivity contribution in [1.29, 1.82) is 0 Å². The number of amides is 1. The number of carbonyl (C=O) groups is 2. The number of carbonyl (C=O) groups excluding carboxylic acids is 2. The number of ether oxygens (including phenoxy) is 3. The number of nitrogens with zero attached hydrogens (tertiary/aromatic N) is 3. The molecule has 1 amide bonds. The Labute approximate surface area is 185 Å². The molecule has 3 heterocycles. The highest BCUT2D eigenvalue weighted by Gasteiger charge is 2.31. The summed E-state index contributed by atoms with van der Waals surface area (Å²) in [7, 11) is 0. The number of fused-ring (bicyclic) bond motifs is 1. The smallest absolute Gasteiger partial charge is 0.338 e. The van der Waals surface area contributed by atoms with Crippen LogP contribution in [0.2, 0.25) is 0 Å². The van der Waals surface area contributed by atoms with Crippen LogP contribution >= 0.6 is 0 Å². The van der Waals surface area contributed by atoms with Gasteiger partial charge in [-0.05, 0) is 60.9 Å². The van der Waals surface area contributed by atoms with E-state index < -0.39 is 5.97 Å². The molecule has 0 radical (unpaired) electrons. The van der Waals surface area contributed by atoms with Gasteiger partial charge in [-0.2, -0.15) is 5.10 Å². The van der Waals surface area contributed by atoms with Crippen molar-refractivity contribution < 1.29 is 23.8 Å². The molecule has 1 atom stereocenters. The van der Waals surface area contributed by atoms with Crippen LogP contribution in [0, 0.1) is 0 Å². The van der Waals surface area contributed by atoms with Crippen molar-refractivity contribution in [2.75, 3.05) is 26.4 Å². The number of benzene rings is 2. The molecule has 8 heteroatoms. The third-order valence-electron chi connectivity index (χ3n) is 5.72. The van der Waals surface area contributed by atoms with E-state index in [1.807, 2.05) is 30.5 Å². The number of esters is 1. The maximum Gasteiger partial charge on any atom is 0.338 e. The van der Waals surface area contributed by atoms with Gasteiger partial charge in [-0.25, -0.2) is 9.48 Å². The number of hydrogen-bond acceptors (Lipinski definition) is 6. The molecule has 5 rings (SSSR count). The third kappa shape index (κ3) is 4.03. The van der Waals surface area contributed by atoms with Gasteiger partial charge < -0.3 is 19.1 Å². The van der Waals surface area contributed by atoms with E-state index in [1.165, 1.54) is 0 Å². The van der Waals surface area contributed by atoms with Crippen LogP contribution in [0.4, 0.5) is 0 Å². The Kier molecular flexibility index (Phi) is 5.49. The summed E-state index contributed by atoms with van der Waals surface area (Å²) >= 11 is 0. The standard InChI is InChI=1S/C24H23N3O5/c28-23(16-32-24(29)17-4-7-19(8-5-17)27-12-2-10-25-27)26-11-1-3-20(26)18-6-9-21-22(15-18)31-14-13-30-21/h2,4-10,12,15,20H,1,3,11,13-14,16H2. The van der Waals surface area contributed by atoms with Gasteiger partial charge in [-0.1, -0.05) is 6.07 Å². The van der Waals surface area contributed by atoms with Crippen LogP contribution in [0.1, 0.15) is 34.8 Å². The molecule has 164 valence electrons. The van der Waals surface area contributed by atoms with Crippen LogP contribution in [0.5, 0.6) is 11.5 Å². The van der Waals surface area contributed by atoms with Crippen LogP contribution in [0.25, 0.3) is 5.69 Å². The Hall–Kier alpha value is -3.81. The maximum atomic E-state index is 12.8. The van der Waals surface area contributed by atoms with Crippen molar-refractivity contribution in [2.24, 2.45) is 0 Å². The quantitative estimate of drug-likeness (QED) is 0.575. The predicted octanol–water partition coefficient (Wildman–Crippen LogP) is 3.16. The Balaban J connectivity index is 1.21. The molecule has 2 aromatic carbocycles. The second kappa shape index (κ2) is 8.74. The van der Waals surface area contributed by atoms with Gasteiger partial charge in [-0.15, -0.1) is 0 Å². The Bertz CT molecular complexity index is 1110. The van der Waals surface area contributed by atoms with Crippen molar-refractivity contribution in [2.45, 2.75) is 18.9 Å². The lowest BCUT2D eigenvalue weighted by Gasteiger charge is -2.26. The van der Waals surface area contributed by atoms with Crippen molar-refractivity contribution in [3.8, 4) is 17.2 Å². The van der Waals surface area contributed by atoms with Crippen LogP contribution in [-0.2, 0) is 9.53 Å². The van der Waals surface area contributed by atoms with Crippen LogP contribution in [0.15, 0.2) is 60.9 Å². The lowest BCUT2D eigenvalue weighted by Crippen LogP contribution is -2.34. The molecule has 0 bridgehead atoms. The minimum absolute atomic E-state index is 0.0645. The van der Waals surface area contributed by atoms with E-state index in [4.69, 9.17) is 14.2 Å². The monoisotopic (exact) mass is 433 g/mol. The van der Waals surface area contributed by atoms with Gasteiger partial charge >= 0.3 is 5.97 Å². The average Bonchev–Trinajstić information content (AvgIpc) is 3.55. The molecule has 1 unspecified atom stereocenters. The topological polar surface area (TPSA) is 82.9 Å². The van der Waals surface area contributed by atoms with Crippen LogP contribution < -0.4 is 9.47 Å². The molecule has 1 saturated heterocycles. The molecule has 3 aromatic rings. The minimum Gasteiger partial charge on any atom is -0.486 e. The molecule has 0 N–H and O–H groups in total. The second-order valence-electron chi connectivity index (χ2n) is 7.72. The molecule has 2 aliphatic heterocycles.